The topological polar surface area (TPSA) is 15.3 Å². The standard InChI is InChI=1S/C18H30N2/c1-4-10-17-14-20(13-16-11-8-7-9-12-16)18(5-2,6-3)15-19-17/h7-9,11-12,17,19H,4-6,10,13-15H2,1-3H3. The molecule has 0 bridgehead atoms. The van der Waals surface area contributed by atoms with Crippen LogP contribution < -0.4 is 5.32 Å². The van der Waals surface area contributed by atoms with Crippen molar-refractivity contribution in [1.29, 1.82) is 0 Å². The normalized spacial score (nSPS) is 22.9. The maximum atomic E-state index is 3.79. The van der Waals surface area contributed by atoms with Crippen molar-refractivity contribution in [2.75, 3.05) is 13.1 Å². The molecule has 1 fully saturated rings. The number of piperazine rings is 1. The number of hydrogen-bond donors (Lipinski definition) is 1. The molecule has 0 aromatic heterocycles. The summed E-state index contributed by atoms with van der Waals surface area (Å²) < 4.78 is 0. The minimum Gasteiger partial charge on any atom is -0.311 e. The van der Waals surface area contributed by atoms with E-state index < -0.39 is 0 Å². The summed E-state index contributed by atoms with van der Waals surface area (Å²) in [7, 11) is 0. The zero-order valence-electron chi connectivity index (χ0n) is 13.4. The van der Waals surface area contributed by atoms with Crippen molar-refractivity contribution < 1.29 is 0 Å². The summed E-state index contributed by atoms with van der Waals surface area (Å²) in [6, 6.07) is 11.6. The summed E-state index contributed by atoms with van der Waals surface area (Å²) in [5.41, 5.74) is 1.77. The molecule has 1 unspecified atom stereocenters. The van der Waals surface area contributed by atoms with Crippen LogP contribution in [0.15, 0.2) is 30.3 Å². The van der Waals surface area contributed by atoms with Gasteiger partial charge in [-0.15, -0.1) is 0 Å². The van der Waals surface area contributed by atoms with Crippen LogP contribution in [0.4, 0.5) is 0 Å². The van der Waals surface area contributed by atoms with Crippen molar-refractivity contribution in [2.24, 2.45) is 0 Å². The Bertz CT molecular complexity index is 384. The van der Waals surface area contributed by atoms with Gasteiger partial charge in [0.2, 0.25) is 0 Å². The van der Waals surface area contributed by atoms with Crippen molar-refractivity contribution in [3.8, 4) is 0 Å². The van der Waals surface area contributed by atoms with Crippen LogP contribution in [0.1, 0.15) is 52.0 Å². The molecule has 0 radical (unpaired) electrons. The van der Waals surface area contributed by atoms with E-state index in [1.165, 1.54) is 37.8 Å². The Morgan fingerprint density at radius 3 is 2.45 bits per heavy atom. The highest BCUT2D eigenvalue weighted by Crippen LogP contribution is 2.29. The van der Waals surface area contributed by atoms with Crippen LogP contribution in [0.5, 0.6) is 0 Å². The van der Waals surface area contributed by atoms with Crippen LogP contribution in [0, 0.1) is 0 Å². The summed E-state index contributed by atoms with van der Waals surface area (Å²) in [5.74, 6) is 0. The highest BCUT2D eigenvalue weighted by atomic mass is 15.3. The lowest BCUT2D eigenvalue weighted by atomic mass is 9.86. The van der Waals surface area contributed by atoms with Crippen molar-refractivity contribution in [2.45, 2.75) is 64.6 Å². The van der Waals surface area contributed by atoms with Crippen LogP contribution >= 0.6 is 0 Å². The van der Waals surface area contributed by atoms with E-state index in [0.29, 0.717) is 11.6 Å². The lowest BCUT2D eigenvalue weighted by molar-refractivity contribution is 0.0228. The fourth-order valence-corrected chi connectivity index (χ4v) is 3.50. The number of rotatable bonds is 6. The predicted octanol–water partition coefficient (Wildman–Crippen LogP) is 3.82. The van der Waals surface area contributed by atoms with E-state index in [1.807, 2.05) is 0 Å². The van der Waals surface area contributed by atoms with Gasteiger partial charge in [-0.05, 0) is 24.8 Å². The molecule has 1 heterocycles. The second-order valence-corrected chi connectivity index (χ2v) is 6.16. The first-order valence-electron chi connectivity index (χ1n) is 8.26. The van der Waals surface area contributed by atoms with E-state index in [2.05, 4.69) is 61.3 Å². The van der Waals surface area contributed by atoms with E-state index in [1.54, 1.807) is 0 Å². The molecule has 2 nitrogen and oxygen atoms in total. The van der Waals surface area contributed by atoms with Crippen molar-refractivity contribution in [3.05, 3.63) is 35.9 Å². The SMILES string of the molecule is CCCC1CN(Cc2ccccc2)C(CC)(CC)CN1. The van der Waals surface area contributed by atoms with Gasteiger partial charge in [0.15, 0.2) is 0 Å². The monoisotopic (exact) mass is 274 g/mol. The van der Waals surface area contributed by atoms with Gasteiger partial charge in [-0.1, -0.05) is 57.5 Å². The quantitative estimate of drug-likeness (QED) is 0.848. The Balaban J connectivity index is 2.13. The Morgan fingerprint density at radius 1 is 1.15 bits per heavy atom. The number of hydrogen-bond acceptors (Lipinski definition) is 2. The summed E-state index contributed by atoms with van der Waals surface area (Å²) in [6.45, 7) is 10.4. The van der Waals surface area contributed by atoms with Crippen LogP contribution in [0.25, 0.3) is 0 Å². The fourth-order valence-electron chi connectivity index (χ4n) is 3.50. The summed E-state index contributed by atoms with van der Waals surface area (Å²) in [4.78, 5) is 2.74. The fraction of sp³-hybridized carbons (Fsp3) is 0.667. The molecule has 1 atom stereocenters. The molecule has 1 saturated heterocycles. The summed E-state index contributed by atoms with van der Waals surface area (Å²) in [5, 5.41) is 3.79. The van der Waals surface area contributed by atoms with Crippen LogP contribution in [0.3, 0.4) is 0 Å². The minimum atomic E-state index is 0.333. The maximum Gasteiger partial charge on any atom is 0.0333 e. The molecule has 1 N–H and O–H groups in total. The Kier molecular flexibility index (Phi) is 5.62. The van der Waals surface area contributed by atoms with E-state index in [0.717, 1.165) is 13.1 Å². The van der Waals surface area contributed by atoms with Crippen LogP contribution in [-0.4, -0.2) is 29.6 Å². The van der Waals surface area contributed by atoms with Gasteiger partial charge < -0.3 is 5.32 Å². The number of benzene rings is 1. The first kappa shape index (κ1) is 15.5. The van der Waals surface area contributed by atoms with Gasteiger partial charge in [0.1, 0.15) is 0 Å². The number of nitrogens with one attached hydrogen (secondary N) is 1. The summed E-state index contributed by atoms with van der Waals surface area (Å²) >= 11 is 0. The number of nitrogens with zero attached hydrogens (tertiary/aromatic N) is 1. The van der Waals surface area contributed by atoms with E-state index in [4.69, 9.17) is 0 Å². The van der Waals surface area contributed by atoms with Crippen LogP contribution in [-0.2, 0) is 6.54 Å². The van der Waals surface area contributed by atoms with E-state index >= 15 is 0 Å². The van der Waals surface area contributed by atoms with Crippen molar-refractivity contribution in [1.82, 2.24) is 10.2 Å². The zero-order chi connectivity index (χ0) is 14.4. The third-order valence-electron chi connectivity index (χ3n) is 5.00. The molecule has 0 amide bonds. The Labute approximate surface area is 124 Å². The molecule has 1 aliphatic rings. The molecule has 1 aromatic rings. The highest BCUT2D eigenvalue weighted by Gasteiger charge is 2.38. The lowest BCUT2D eigenvalue weighted by Gasteiger charge is -2.50. The highest BCUT2D eigenvalue weighted by molar-refractivity contribution is 5.15. The predicted molar refractivity (Wildman–Crippen MR) is 86.9 cm³/mol. The molecule has 2 rings (SSSR count). The van der Waals surface area contributed by atoms with Gasteiger partial charge in [-0.3, -0.25) is 4.90 Å². The first-order valence-corrected chi connectivity index (χ1v) is 8.26. The molecular formula is C18H30N2. The Hall–Kier alpha value is -0.860. The third-order valence-corrected chi connectivity index (χ3v) is 5.00. The van der Waals surface area contributed by atoms with Gasteiger partial charge in [0.25, 0.3) is 0 Å². The van der Waals surface area contributed by atoms with Crippen LogP contribution in [0.2, 0.25) is 0 Å². The van der Waals surface area contributed by atoms with Gasteiger partial charge >= 0.3 is 0 Å². The molecule has 0 spiro atoms. The summed E-state index contributed by atoms with van der Waals surface area (Å²) in [6.07, 6.45) is 5.00. The molecule has 2 heteroatoms. The van der Waals surface area contributed by atoms with Gasteiger partial charge in [-0.25, -0.2) is 0 Å². The van der Waals surface area contributed by atoms with Crippen molar-refractivity contribution in [3.63, 3.8) is 0 Å². The van der Waals surface area contributed by atoms with Gasteiger partial charge in [0, 0.05) is 31.2 Å². The average molecular weight is 274 g/mol. The second-order valence-electron chi connectivity index (χ2n) is 6.16. The van der Waals surface area contributed by atoms with Gasteiger partial charge in [0.05, 0.1) is 0 Å². The lowest BCUT2D eigenvalue weighted by Crippen LogP contribution is -2.63. The molecular weight excluding hydrogens is 244 g/mol. The van der Waals surface area contributed by atoms with Crippen molar-refractivity contribution >= 4 is 0 Å². The molecule has 1 aromatic carbocycles. The van der Waals surface area contributed by atoms with E-state index in [9.17, 15) is 0 Å². The second kappa shape index (κ2) is 7.24. The molecule has 112 valence electrons. The van der Waals surface area contributed by atoms with Gasteiger partial charge in [-0.2, -0.15) is 0 Å². The Morgan fingerprint density at radius 2 is 1.85 bits per heavy atom. The third kappa shape index (κ3) is 3.42. The molecule has 0 aliphatic carbocycles. The largest absolute Gasteiger partial charge is 0.311 e. The average Bonchev–Trinajstić information content (AvgIpc) is 2.50. The van der Waals surface area contributed by atoms with E-state index in [-0.39, 0.29) is 0 Å². The molecule has 20 heavy (non-hydrogen) atoms. The first-order chi connectivity index (χ1) is 9.74. The molecule has 0 saturated carbocycles. The maximum absolute atomic E-state index is 3.79. The zero-order valence-corrected chi connectivity index (χ0v) is 13.4. The minimum absolute atomic E-state index is 0.333. The molecule has 1 aliphatic heterocycles. The smallest absolute Gasteiger partial charge is 0.0333 e.